The molecule has 0 aliphatic carbocycles. The number of alkyl carbamates (subject to hydrolysis) is 2. The van der Waals surface area contributed by atoms with Gasteiger partial charge in [0.05, 0.1) is 18.5 Å². The fourth-order valence-corrected chi connectivity index (χ4v) is 5.55. The lowest BCUT2D eigenvalue weighted by atomic mass is 9.90. The first-order chi connectivity index (χ1) is 24.6. The van der Waals surface area contributed by atoms with Crippen LogP contribution in [0.2, 0.25) is 0 Å². The van der Waals surface area contributed by atoms with Gasteiger partial charge >= 0.3 is 12.2 Å². The third kappa shape index (κ3) is 15.1. The Balaban J connectivity index is 1.77. The number of carbonyl (C=O) groups excluding carboxylic acids is 4. The SMILES string of the molecule is CC(C)C[C@H](NC(=O)[C@H](Cc1cnc[nH]1)NC(=O)C(Cc1ccccc1)NC(=O)OC(C)(C)C)[C@@H](O)C[C@H](NC(=O)OCc1ccccc1)C(C)C. The molecule has 0 aliphatic rings. The van der Waals surface area contributed by atoms with Crippen LogP contribution in [-0.2, 0) is 38.5 Å². The summed E-state index contributed by atoms with van der Waals surface area (Å²) >= 11 is 0. The molecule has 0 saturated carbocycles. The molecule has 4 amide bonds. The van der Waals surface area contributed by atoms with Gasteiger partial charge in [0.2, 0.25) is 11.8 Å². The summed E-state index contributed by atoms with van der Waals surface area (Å²) in [6.07, 6.45) is 1.40. The molecule has 13 heteroatoms. The van der Waals surface area contributed by atoms with Gasteiger partial charge in [0.1, 0.15) is 24.3 Å². The largest absolute Gasteiger partial charge is 0.445 e. The number of rotatable bonds is 18. The lowest BCUT2D eigenvalue weighted by Crippen LogP contribution is -2.58. The third-order valence-electron chi connectivity index (χ3n) is 8.24. The number of carbonyl (C=O) groups is 4. The van der Waals surface area contributed by atoms with E-state index < -0.39 is 59.9 Å². The van der Waals surface area contributed by atoms with Crippen LogP contribution in [0.1, 0.15) is 78.1 Å². The van der Waals surface area contributed by atoms with Crippen LogP contribution in [0.4, 0.5) is 9.59 Å². The highest BCUT2D eigenvalue weighted by Crippen LogP contribution is 2.18. The number of aromatic nitrogens is 2. The second-order valence-corrected chi connectivity index (χ2v) is 14.8. The first-order valence-corrected chi connectivity index (χ1v) is 17.9. The van der Waals surface area contributed by atoms with Gasteiger partial charge in [0.15, 0.2) is 0 Å². The van der Waals surface area contributed by atoms with Crippen molar-refractivity contribution in [2.75, 3.05) is 0 Å². The molecule has 0 spiro atoms. The quantitative estimate of drug-likeness (QED) is 0.108. The van der Waals surface area contributed by atoms with E-state index in [4.69, 9.17) is 9.47 Å². The molecule has 13 nitrogen and oxygen atoms in total. The Morgan fingerprint density at radius 3 is 1.90 bits per heavy atom. The Bertz CT molecular complexity index is 1530. The summed E-state index contributed by atoms with van der Waals surface area (Å²) in [6, 6.07) is 15.2. The molecule has 0 aliphatic heterocycles. The van der Waals surface area contributed by atoms with Gasteiger partial charge < -0.3 is 40.8 Å². The van der Waals surface area contributed by atoms with Gasteiger partial charge in [-0.15, -0.1) is 0 Å². The van der Waals surface area contributed by atoms with Crippen LogP contribution in [0.5, 0.6) is 0 Å². The number of ether oxygens (including phenoxy) is 2. The van der Waals surface area contributed by atoms with E-state index in [0.29, 0.717) is 12.1 Å². The van der Waals surface area contributed by atoms with Crippen LogP contribution in [-0.4, -0.2) is 74.9 Å². The number of nitrogens with one attached hydrogen (secondary N) is 5. The van der Waals surface area contributed by atoms with Gasteiger partial charge in [0.25, 0.3) is 0 Å². The summed E-state index contributed by atoms with van der Waals surface area (Å²) < 4.78 is 10.9. The van der Waals surface area contributed by atoms with Crippen molar-refractivity contribution in [3.05, 3.63) is 90.0 Å². The number of hydrogen-bond acceptors (Lipinski definition) is 8. The maximum atomic E-state index is 14.0. The first kappa shape index (κ1) is 41.5. The number of hydrogen-bond donors (Lipinski definition) is 6. The second-order valence-electron chi connectivity index (χ2n) is 14.8. The summed E-state index contributed by atoms with van der Waals surface area (Å²) in [6.45, 7) is 13.1. The van der Waals surface area contributed by atoms with Gasteiger partial charge in [-0.3, -0.25) is 9.59 Å². The molecular formula is C39H56N6O7. The van der Waals surface area contributed by atoms with Crippen molar-refractivity contribution >= 4 is 24.0 Å². The van der Waals surface area contributed by atoms with Gasteiger partial charge in [-0.05, 0) is 56.6 Å². The Hall–Kier alpha value is -4.91. The van der Waals surface area contributed by atoms with Gasteiger partial charge in [-0.25, -0.2) is 14.6 Å². The number of H-pyrrole nitrogens is 1. The maximum Gasteiger partial charge on any atom is 0.408 e. The van der Waals surface area contributed by atoms with Crippen LogP contribution in [0.3, 0.4) is 0 Å². The van der Waals surface area contributed by atoms with Gasteiger partial charge in [-0.2, -0.15) is 0 Å². The molecule has 3 rings (SSSR count). The van der Waals surface area contributed by atoms with Crippen LogP contribution < -0.4 is 21.3 Å². The topological polar surface area (TPSA) is 184 Å². The average Bonchev–Trinajstić information content (AvgIpc) is 3.59. The van der Waals surface area contributed by atoms with E-state index in [-0.39, 0.29) is 37.7 Å². The zero-order chi connectivity index (χ0) is 38.3. The zero-order valence-corrected chi connectivity index (χ0v) is 31.3. The summed E-state index contributed by atoms with van der Waals surface area (Å²) in [4.78, 5) is 60.4. The minimum Gasteiger partial charge on any atom is -0.445 e. The molecule has 2 aromatic carbocycles. The molecule has 5 atom stereocenters. The molecule has 0 radical (unpaired) electrons. The lowest BCUT2D eigenvalue weighted by molar-refractivity contribution is -0.131. The third-order valence-corrected chi connectivity index (χ3v) is 8.24. The standard InChI is InChI=1S/C39H56N6O7/c1-25(2)18-31(34(46)21-30(26(3)4)44-37(49)51-23-28-16-12-9-13-17-28)42-36(48)33(20-29-22-40-24-41-29)43-35(47)32(19-27-14-10-8-11-15-27)45-38(50)52-39(5,6)7/h8-17,22,24-26,30-34,46H,18-21,23H2,1-7H3,(H,40,41)(H,42,48)(H,43,47)(H,44,49)(H,45,50)/t30-,31-,32?,33-,34-/m0/s1. The molecular weight excluding hydrogens is 664 g/mol. The molecule has 0 fully saturated rings. The van der Waals surface area contributed by atoms with Gasteiger partial charge in [0, 0.05) is 30.8 Å². The predicted octanol–water partition coefficient (Wildman–Crippen LogP) is 4.81. The monoisotopic (exact) mass is 720 g/mol. The Morgan fingerprint density at radius 2 is 1.35 bits per heavy atom. The fraction of sp³-hybridized carbons (Fsp3) is 0.513. The molecule has 1 aromatic heterocycles. The zero-order valence-electron chi connectivity index (χ0n) is 31.3. The van der Waals surface area contributed by atoms with Crippen molar-refractivity contribution in [2.45, 2.75) is 117 Å². The molecule has 0 saturated heterocycles. The Morgan fingerprint density at radius 1 is 0.750 bits per heavy atom. The summed E-state index contributed by atoms with van der Waals surface area (Å²) in [5.74, 6) is -1.08. The van der Waals surface area contributed by atoms with E-state index in [1.807, 2.05) is 88.4 Å². The van der Waals surface area contributed by atoms with Crippen molar-refractivity contribution < 1.29 is 33.8 Å². The summed E-state index contributed by atoms with van der Waals surface area (Å²) in [5.41, 5.74) is 1.45. The van der Waals surface area contributed by atoms with Crippen LogP contribution in [0, 0.1) is 11.8 Å². The molecule has 3 aromatic rings. The minimum atomic E-state index is -1.10. The number of nitrogens with zero attached hydrogens (tertiary/aromatic N) is 1. The van der Waals surface area contributed by atoms with Crippen molar-refractivity contribution in [3.8, 4) is 0 Å². The number of imidazole rings is 1. The minimum absolute atomic E-state index is 0.0548. The van der Waals surface area contributed by atoms with Crippen molar-refractivity contribution in [1.29, 1.82) is 0 Å². The number of amides is 4. The van der Waals surface area contributed by atoms with E-state index in [0.717, 1.165) is 11.1 Å². The molecule has 6 N–H and O–H groups in total. The van der Waals surface area contributed by atoms with Crippen molar-refractivity contribution in [3.63, 3.8) is 0 Å². The van der Waals surface area contributed by atoms with Crippen LogP contribution in [0.15, 0.2) is 73.2 Å². The number of benzene rings is 2. The van der Waals surface area contributed by atoms with E-state index >= 15 is 0 Å². The molecule has 284 valence electrons. The number of aliphatic hydroxyl groups is 1. The molecule has 0 bridgehead atoms. The van der Waals surface area contributed by atoms with Crippen LogP contribution >= 0.6 is 0 Å². The highest BCUT2D eigenvalue weighted by molar-refractivity contribution is 5.91. The smallest absolute Gasteiger partial charge is 0.408 e. The highest BCUT2D eigenvalue weighted by Gasteiger charge is 2.33. The number of aromatic amines is 1. The Labute approximate surface area is 307 Å². The number of aliphatic hydroxyl groups excluding tert-OH is 1. The fourth-order valence-electron chi connectivity index (χ4n) is 5.55. The second kappa shape index (κ2) is 20.2. The van der Waals surface area contributed by atoms with E-state index in [1.165, 1.54) is 6.33 Å². The summed E-state index contributed by atoms with van der Waals surface area (Å²) in [7, 11) is 0. The maximum absolute atomic E-state index is 14.0. The molecule has 1 unspecified atom stereocenters. The summed E-state index contributed by atoms with van der Waals surface area (Å²) in [5, 5.41) is 22.9. The predicted molar refractivity (Wildman–Crippen MR) is 198 cm³/mol. The van der Waals surface area contributed by atoms with Crippen molar-refractivity contribution in [1.82, 2.24) is 31.2 Å². The first-order valence-electron chi connectivity index (χ1n) is 17.9. The lowest BCUT2D eigenvalue weighted by Gasteiger charge is -2.32. The van der Waals surface area contributed by atoms with E-state index in [1.54, 1.807) is 27.0 Å². The molecule has 1 heterocycles. The van der Waals surface area contributed by atoms with E-state index in [9.17, 15) is 24.3 Å². The van der Waals surface area contributed by atoms with Crippen molar-refractivity contribution in [2.24, 2.45) is 11.8 Å². The highest BCUT2D eigenvalue weighted by atomic mass is 16.6. The molecule has 52 heavy (non-hydrogen) atoms. The Kier molecular flexibility index (Phi) is 16.1. The van der Waals surface area contributed by atoms with Gasteiger partial charge in [-0.1, -0.05) is 88.4 Å². The van der Waals surface area contributed by atoms with Crippen LogP contribution in [0.25, 0.3) is 0 Å². The normalized spacial score (nSPS) is 14.4. The van der Waals surface area contributed by atoms with E-state index in [2.05, 4.69) is 31.2 Å². The average molecular weight is 721 g/mol.